The zero-order valence-electron chi connectivity index (χ0n) is 13.1. The molecule has 1 heterocycles. The molecule has 3 rings (SSSR count). The zero-order valence-corrected chi connectivity index (χ0v) is 13.1. The molecule has 2 atom stereocenters. The van der Waals surface area contributed by atoms with E-state index in [9.17, 15) is 0 Å². The Bertz CT molecular complexity index is 452. The molecule has 0 radical (unpaired) electrons. The molecule has 1 saturated heterocycles. The summed E-state index contributed by atoms with van der Waals surface area (Å²) in [5, 5.41) is 0. The van der Waals surface area contributed by atoms with Crippen molar-refractivity contribution in [3.8, 4) is 0 Å². The van der Waals surface area contributed by atoms with E-state index in [1.807, 2.05) is 0 Å². The number of nitrogens with zero attached hydrogens (tertiary/aromatic N) is 1. The minimum Gasteiger partial charge on any atom is -0.381 e. The van der Waals surface area contributed by atoms with Gasteiger partial charge in [0.1, 0.15) is 0 Å². The van der Waals surface area contributed by atoms with E-state index in [-0.39, 0.29) is 0 Å². The van der Waals surface area contributed by atoms with Gasteiger partial charge in [-0.25, -0.2) is 0 Å². The summed E-state index contributed by atoms with van der Waals surface area (Å²) in [4.78, 5) is 2.44. The van der Waals surface area contributed by atoms with Gasteiger partial charge >= 0.3 is 0 Å². The Morgan fingerprint density at radius 2 is 2.10 bits per heavy atom. The molecule has 0 aromatic heterocycles. The van der Waals surface area contributed by atoms with Gasteiger partial charge in [0.2, 0.25) is 0 Å². The molecule has 0 bridgehead atoms. The molecule has 1 aliphatic carbocycles. The Balaban J connectivity index is 1.71. The van der Waals surface area contributed by atoms with Crippen LogP contribution in [0, 0.1) is 5.92 Å². The highest BCUT2D eigenvalue weighted by Crippen LogP contribution is 2.43. The van der Waals surface area contributed by atoms with E-state index >= 15 is 0 Å². The summed E-state index contributed by atoms with van der Waals surface area (Å²) in [6.07, 6.45) is 5.17. The predicted molar refractivity (Wildman–Crippen MR) is 86.4 cm³/mol. The minimum absolute atomic E-state index is 0.337. The fraction of sp³-hybridized carbons (Fsp3) is 0.667. The van der Waals surface area contributed by atoms with E-state index in [0.29, 0.717) is 18.5 Å². The number of nitrogens with two attached hydrogens (primary N) is 1. The van der Waals surface area contributed by atoms with E-state index in [4.69, 9.17) is 10.5 Å². The van der Waals surface area contributed by atoms with E-state index in [0.717, 1.165) is 25.7 Å². The lowest BCUT2D eigenvalue weighted by Gasteiger charge is -2.33. The van der Waals surface area contributed by atoms with Gasteiger partial charge in [-0.1, -0.05) is 24.3 Å². The zero-order chi connectivity index (χ0) is 14.7. The van der Waals surface area contributed by atoms with Crippen molar-refractivity contribution in [3.05, 3.63) is 35.4 Å². The van der Waals surface area contributed by atoms with Crippen LogP contribution in [-0.2, 0) is 4.74 Å². The van der Waals surface area contributed by atoms with E-state index in [2.05, 4.69) is 36.2 Å². The summed E-state index contributed by atoms with van der Waals surface area (Å²) in [7, 11) is 2.22. The Hall–Kier alpha value is -0.900. The first-order valence-corrected chi connectivity index (χ1v) is 8.36. The molecule has 3 nitrogen and oxygen atoms in total. The number of likely N-dealkylation sites (N-methyl/N-ethyl adjacent to an activating group) is 1. The lowest BCUT2D eigenvalue weighted by atomic mass is 9.94. The van der Waals surface area contributed by atoms with E-state index < -0.39 is 0 Å². The summed E-state index contributed by atoms with van der Waals surface area (Å²) in [6.45, 7) is 3.62. The standard InChI is InChI=1S/C18H28N2O/c1-20(12-14-5-4-10-21-13-14)18(11-19)17-7-3-2-6-16(17)15-8-9-15/h2-3,6-7,14-15,18H,4-5,8-13,19H2,1H3. The van der Waals surface area contributed by atoms with Gasteiger partial charge < -0.3 is 10.5 Å². The Labute approximate surface area is 128 Å². The first kappa shape index (κ1) is 15.0. The molecule has 1 aromatic carbocycles. The number of ether oxygens (including phenoxy) is 1. The van der Waals surface area contributed by atoms with Crippen LogP contribution in [-0.4, -0.2) is 38.3 Å². The molecule has 21 heavy (non-hydrogen) atoms. The number of benzene rings is 1. The largest absolute Gasteiger partial charge is 0.381 e. The molecular weight excluding hydrogens is 260 g/mol. The maximum atomic E-state index is 6.13. The second-order valence-electron chi connectivity index (χ2n) is 6.68. The second kappa shape index (κ2) is 6.91. The van der Waals surface area contributed by atoms with Crippen molar-refractivity contribution in [1.29, 1.82) is 0 Å². The summed E-state index contributed by atoms with van der Waals surface area (Å²) in [5.74, 6) is 1.44. The van der Waals surface area contributed by atoms with Gasteiger partial charge in [-0.2, -0.15) is 0 Å². The van der Waals surface area contributed by atoms with E-state index in [1.165, 1.54) is 36.8 Å². The number of hydrogen-bond acceptors (Lipinski definition) is 3. The summed E-state index contributed by atoms with van der Waals surface area (Å²) >= 11 is 0. The van der Waals surface area contributed by atoms with E-state index in [1.54, 1.807) is 0 Å². The predicted octanol–water partition coefficient (Wildman–Crippen LogP) is 2.92. The van der Waals surface area contributed by atoms with Crippen molar-refractivity contribution >= 4 is 0 Å². The van der Waals surface area contributed by atoms with Gasteiger partial charge in [-0.3, -0.25) is 4.90 Å². The summed E-state index contributed by atoms with van der Waals surface area (Å²) in [5.41, 5.74) is 9.10. The normalized spacial score (nSPS) is 24.2. The lowest BCUT2D eigenvalue weighted by Crippen LogP contribution is -2.37. The molecule has 1 aromatic rings. The smallest absolute Gasteiger partial charge is 0.0506 e. The van der Waals surface area contributed by atoms with Crippen molar-refractivity contribution in [1.82, 2.24) is 4.90 Å². The first-order valence-electron chi connectivity index (χ1n) is 8.36. The van der Waals surface area contributed by atoms with Crippen LogP contribution in [0.4, 0.5) is 0 Å². The van der Waals surface area contributed by atoms with Gasteiger partial charge in [0.05, 0.1) is 6.61 Å². The average Bonchev–Trinajstić information content (AvgIpc) is 3.34. The SMILES string of the molecule is CN(CC1CCCOC1)C(CN)c1ccccc1C1CC1. The topological polar surface area (TPSA) is 38.5 Å². The molecule has 2 aliphatic rings. The van der Waals surface area contributed by atoms with Crippen LogP contribution in [0.1, 0.15) is 48.8 Å². The van der Waals surface area contributed by atoms with Crippen molar-refractivity contribution in [3.63, 3.8) is 0 Å². The molecular formula is C18H28N2O. The average molecular weight is 288 g/mol. The summed E-state index contributed by atoms with van der Waals surface area (Å²) < 4.78 is 5.62. The molecule has 0 spiro atoms. The van der Waals surface area contributed by atoms with Gasteiger partial charge in [0.15, 0.2) is 0 Å². The summed E-state index contributed by atoms with van der Waals surface area (Å²) in [6, 6.07) is 9.23. The molecule has 3 heteroatoms. The molecule has 0 amide bonds. The fourth-order valence-corrected chi connectivity index (χ4v) is 3.61. The van der Waals surface area contributed by atoms with Crippen molar-refractivity contribution in [2.75, 3.05) is 33.4 Å². The molecule has 2 N–H and O–H groups in total. The van der Waals surface area contributed by atoms with Crippen LogP contribution in [0.2, 0.25) is 0 Å². The Kier molecular flexibility index (Phi) is 4.94. The molecule has 2 fully saturated rings. The maximum absolute atomic E-state index is 6.13. The van der Waals surface area contributed by atoms with Crippen LogP contribution >= 0.6 is 0 Å². The Morgan fingerprint density at radius 1 is 1.29 bits per heavy atom. The molecule has 1 aliphatic heterocycles. The quantitative estimate of drug-likeness (QED) is 0.874. The van der Waals surface area contributed by atoms with Crippen molar-refractivity contribution in [2.24, 2.45) is 11.7 Å². The third kappa shape index (κ3) is 3.65. The van der Waals surface area contributed by atoms with Crippen LogP contribution in [0.5, 0.6) is 0 Å². The second-order valence-corrected chi connectivity index (χ2v) is 6.68. The number of rotatable bonds is 6. The highest BCUT2D eigenvalue weighted by atomic mass is 16.5. The lowest BCUT2D eigenvalue weighted by molar-refractivity contribution is 0.0365. The van der Waals surface area contributed by atoms with Gasteiger partial charge in [-0.15, -0.1) is 0 Å². The van der Waals surface area contributed by atoms with Crippen LogP contribution in [0.3, 0.4) is 0 Å². The van der Waals surface area contributed by atoms with Crippen molar-refractivity contribution < 1.29 is 4.74 Å². The van der Waals surface area contributed by atoms with Crippen LogP contribution in [0.15, 0.2) is 24.3 Å². The van der Waals surface area contributed by atoms with Crippen LogP contribution in [0.25, 0.3) is 0 Å². The fourth-order valence-electron chi connectivity index (χ4n) is 3.61. The van der Waals surface area contributed by atoms with Gasteiger partial charge in [0, 0.05) is 25.7 Å². The van der Waals surface area contributed by atoms with Gasteiger partial charge in [-0.05, 0) is 55.7 Å². The monoisotopic (exact) mass is 288 g/mol. The van der Waals surface area contributed by atoms with Crippen molar-refractivity contribution in [2.45, 2.75) is 37.6 Å². The Morgan fingerprint density at radius 3 is 2.76 bits per heavy atom. The molecule has 116 valence electrons. The molecule has 2 unspecified atom stereocenters. The number of hydrogen-bond donors (Lipinski definition) is 1. The third-order valence-corrected chi connectivity index (χ3v) is 4.93. The first-order chi connectivity index (χ1) is 10.3. The van der Waals surface area contributed by atoms with Gasteiger partial charge in [0.25, 0.3) is 0 Å². The molecule has 1 saturated carbocycles. The highest BCUT2D eigenvalue weighted by Gasteiger charge is 2.29. The van der Waals surface area contributed by atoms with Crippen LogP contribution < -0.4 is 5.73 Å². The maximum Gasteiger partial charge on any atom is 0.0506 e. The highest BCUT2D eigenvalue weighted by molar-refractivity contribution is 5.35. The third-order valence-electron chi connectivity index (χ3n) is 4.93. The minimum atomic E-state index is 0.337.